The molecule has 0 amide bonds. The van der Waals surface area contributed by atoms with E-state index >= 15 is 0 Å². The molecule has 0 spiro atoms. The summed E-state index contributed by atoms with van der Waals surface area (Å²) in [4.78, 5) is 4.82. The summed E-state index contributed by atoms with van der Waals surface area (Å²) in [6.45, 7) is 11.8. The lowest BCUT2D eigenvalue weighted by Gasteiger charge is -2.19. The molecular formula is C17H31N3O. The third-order valence-electron chi connectivity index (χ3n) is 4.30. The molecule has 1 atom stereocenters. The van der Waals surface area contributed by atoms with Crippen molar-refractivity contribution < 1.29 is 4.42 Å². The molecule has 1 aromatic heterocycles. The van der Waals surface area contributed by atoms with Gasteiger partial charge in [0.2, 0.25) is 0 Å². The molecule has 1 aliphatic rings. The standard InChI is InChI=1S/C17H31N3O/c1-13(2)9-18-10-15-8-17(21-14(15)3)12-20-7-6-16(11-20)19(4)5/h8,13,16,18H,6-7,9-12H2,1-5H3. The molecule has 1 N–H and O–H groups in total. The highest BCUT2D eigenvalue weighted by atomic mass is 16.3. The number of hydrogen-bond acceptors (Lipinski definition) is 4. The van der Waals surface area contributed by atoms with Crippen LogP contribution in [0.5, 0.6) is 0 Å². The highest BCUT2D eigenvalue weighted by Crippen LogP contribution is 2.20. The van der Waals surface area contributed by atoms with Gasteiger partial charge in [-0.05, 0) is 46.0 Å². The van der Waals surface area contributed by atoms with Crippen LogP contribution in [-0.4, -0.2) is 49.6 Å². The van der Waals surface area contributed by atoms with E-state index in [-0.39, 0.29) is 0 Å². The summed E-state index contributed by atoms with van der Waals surface area (Å²) < 4.78 is 5.93. The van der Waals surface area contributed by atoms with Gasteiger partial charge in [-0.2, -0.15) is 0 Å². The van der Waals surface area contributed by atoms with Gasteiger partial charge in [0.25, 0.3) is 0 Å². The van der Waals surface area contributed by atoms with Gasteiger partial charge in [-0.15, -0.1) is 0 Å². The third-order valence-corrected chi connectivity index (χ3v) is 4.30. The smallest absolute Gasteiger partial charge is 0.118 e. The summed E-state index contributed by atoms with van der Waals surface area (Å²) in [6, 6.07) is 2.92. The monoisotopic (exact) mass is 293 g/mol. The molecule has 1 saturated heterocycles. The van der Waals surface area contributed by atoms with E-state index in [0.29, 0.717) is 12.0 Å². The van der Waals surface area contributed by atoms with Crippen molar-refractivity contribution in [1.29, 1.82) is 0 Å². The molecule has 0 saturated carbocycles. The first-order valence-electron chi connectivity index (χ1n) is 8.13. The van der Waals surface area contributed by atoms with E-state index in [1.54, 1.807) is 0 Å². The number of likely N-dealkylation sites (N-methyl/N-ethyl adjacent to an activating group) is 1. The van der Waals surface area contributed by atoms with Crippen LogP contribution in [0.4, 0.5) is 0 Å². The van der Waals surface area contributed by atoms with Gasteiger partial charge in [0, 0.05) is 31.2 Å². The summed E-state index contributed by atoms with van der Waals surface area (Å²) in [5.41, 5.74) is 1.30. The predicted octanol–water partition coefficient (Wildman–Crippen LogP) is 2.47. The van der Waals surface area contributed by atoms with Crippen molar-refractivity contribution in [3.05, 3.63) is 23.2 Å². The third kappa shape index (κ3) is 4.83. The zero-order valence-electron chi connectivity index (χ0n) is 14.3. The van der Waals surface area contributed by atoms with Crippen molar-refractivity contribution >= 4 is 0 Å². The zero-order valence-corrected chi connectivity index (χ0v) is 14.3. The summed E-state index contributed by atoms with van der Waals surface area (Å²) in [6.07, 6.45) is 1.26. The van der Waals surface area contributed by atoms with Crippen molar-refractivity contribution in [2.75, 3.05) is 33.7 Å². The summed E-state index contributed by atoms with van der Waals surface area (Å²) in [5, 5.41) is 3.49. The largest absolute Gasteiger partial charge is 0.465 e. The number of aryl methyl sites for hydroxylation is 1. The van der Waals surface area contributed by atoms with E-state index in [4.69, 9.17) is 4.42 Å². The molecule has 4 heteroatoms. The minimum Gasteiger partial charge on any atom is -0.465 e. The molecule has 2 rings (SSSR count). The lowest BCUT2D eigenvalue weighted by Crippen LogP contribution is -2.31. The normalized spacial score (nSPS) is 20.0. The van der Waals surface area contributed by atoms with Crippen molar-refractivity contribution in [2.24, 2.45) is 5.92 Å². The zero-order chi connectivity index (χ0) is 15.4. The molecule has 4 nitrogen and oxygen atoms in total. The van der Waals surface area contributed by atoms with Crippen molar-refractivity contribution in [3.8, 4) is 0 Å². The number of nitrogens with one attached hydrogen (secondary N) is 1. The average Bonchev–Trinajstić information content (AvgIpc) is 2.97. The van der Waals surface area contributed by atoms with E-state index in [1.165, 1.54) is 18.5 Å². The van der Waals surface area contributed by atoms with Crippen LogP contribution < -0.4 is 5.32 Å². The molecule has 0 radical (unpaired) electrons. The van der Waals surface area contributed by atoms with E-state index < -0.39 is 0 Å². The van der Waals surface area contributed by atoms with E-state index in [1.807, 2.05) is 0 Å². The first kappa shape index (κ1) is 16.5. The van der Waals surface area contributed by atoms with Gasteiger partial charge >= 0.3 is 0 Å². The molecule has 120 valence electrons. The van der Waals surface area contributed by atoms with Crippen LogP contribution in [0, 0.1) is 12.8 Å². The van der Waals surface area contributed by atoms with Crippen LogP contribution in [0.2, 0.25) is 0 Å². The minimum absolute atomic E-state index is 0.684. The Morgan fingerprint density at radius 2 is 2.19 bits per heavy atom. The number of furan rings is 1. The SMILES string of the molecule is Cc1oc(CN2CCC(N(C)C)C2)cc1CNCC(C)C. The first-order chi connectivity index (χ1) is 9.95. The highest BCUT2D eigenvalue weighted by Gasteiger charge is 2.24. The lowest BCUT2D eigenvalue weighted by atomic mass is 10.2. The van der Waals surface area contributed by atoms with E-state index in [0.717, 1.165) is 37.7 Å². The molecule has 1 fully saturated rings. The summed E-state index contributed by atoms with van der Waals surface area (Å²) in [7, 11) is 4.34. The fourth-order valence-corrected chi connectivity index (χ4v) is 2.93. The topological polar surface area (TPSA) is 31.7 Å². The maximum absolute atomic E-state index is 5.93. The Hall–Kier alpha value is -0.840. The summed E-state index contributed by atoms with van der Waals surface area (Å²) >= 11 is 0. The van der Waals surface area contributed by atoms with Crippen LogP contribution in [0.15, 0.2) is 10.5 Å². The van der Waals surface area contributed by atoms with Gasteiger partial charge in [0.05, 0.1) is 6.54 Å². The van der Waals surface area contributed by atoms with Gasteiger partial charge in [0.1, 0.15) is 11.5 Å². The molecule has 1 aromatic rings. The predicted molar refractivity (Wildman–Crippen MR) is 87.4 cm³/mol. The Labute approximate surface area is 129 Å². The highest BCUT2D eigenvalue weighted by molar-refractivity contribution is 5.20. The second-order valence-corrected chi connectivity index (χ2v) is 6.96. The molecule has 21 heavy (non-hydrogen) atoms. The van der Waals surface area contributed by atoms with Gasteiger partial charge in [-0.3, -0.25) is 4.90 Å². The van der Waals surface area contributed by atoms with Gasteiger partial charge < -0.3 is 14.6 Å². The molecule has 0 aliphatic carbocycles. The van der Waals surface area contributed by atoms with Gasteiger partial charge in [0.15, 0.2) is 0 Å². The molecule has 1 aliphatic heterocycles. The molecule has 1 unspecified atom stereocenters. The molecule has 0 aromatic carbocycles. The minimum atomic E-state index is 0.684. The average molecular weight is 293 g/mol. The maximum atomic E-state index is 5.93. The molecule has 2 heterocycles. The fourth-order valence-electron chi connectivity index (χ4n) is 2.93. The van der Waals surface area contributed by atoms with E-state index in [2.05, 4.69) is 56.0 Å². The van der Waals surface area contributed by atoms with Crippen LogP contribution in [0.1, 0.15) is 37.4 Å². The van der Waals surface area contributed by atoms with Gasteiger partial charge in [-0.25, -0.2) is 0 Å². The maximum Gasteiger partial charge on any atom is 0.118 e. The van der Waals surface area contributed by atoms with E-state index in [9.17, 15) is 0 Å². The Morgan fingerprint density at radius 3 is 2.81 bits per heavy atom. The Bertz CT molecular complexity index is 439. The van der Waals surface area contributed by atoms with Crippen molar-refractivity contribution in [3.63, 3.8) is 0 Å². The number of likely N-dealkylation sites (tertiary alicyclic amines) is 1. The van der Waals surface area contributed by atoms with Crippen LogP contribution in [0.3, 0.4) is 0 Å². The molecular weight excluding hydrogens is 262 g/mol. The Balaban J connectivity index is 1.84. The number of rotatable bonds is 7. The first-order valence-corrected chi connectivity index (χ1v) is 8.13. The van der Waals surface area contributed by atoms with Crippen LogP contribution >= 0.6 is 0 Å². The Kier molecular flexibility index (Phi) is 5.85. The Morgan fingerprint density at radius 1 is 1.43 bits per heavy atom. The number of nitrogens with zero attached hydrogens (tertiary/aromatic N) is 2. The fraction of sp³-hybridized carbons (Fsp3) is 0.765. The van der Waals surface area contributed by atoms with Gasteiger partial charge in [-0.1, -0.05) is 13.8 Å². The second kappa shape index (κ2) is 7.43. The molecule has 0 bridgehead atoms. The van der Waals surface area contributed by atoms with Crippen molar-refractivity contribution in [2.45, 2.75) is 46.3 Å². The van der Waals surface area contributed by atoms with Crippen LogP contribution in [0.25, 0.3) is 0 Å². The van der Waals surface area contributed by atoms with Crippen LogP contribution in [-0.2, 0) is 13.1 Å². The van der Waals surface area contributed by atoms with Crippen molar-refractivity contribution in [1.82, 2.24) is 15.1 Å². The number of hydrogen-bond donors (Lipinski definition) is 1. The summed E-state index contributed by atoms with van der Waals surface area (Å²) in [5.74, 6) is 2.85. The quantitative estimate of drug-likeness (QED) is 0.837. The lowest BCUT2D eigenvalue weighted by molar-refractivity contribution is 0.251. The second-order valence-electron chi connectivity index (χ2n) is 6.96.